The third-order valence-corrected chi connectivity index (χ3v) is 4.07. The maximum atomic E-state index is 12.0. The van der Waals surface area contributed by atoms with Crippen molar-refractivity contribution in [1.82, 2.24) is 15.1 Å². The smallest absolute Gasteiger partial charge is 0.272 e. The molecule has 1 aromatic carbocycles. The molecular weight excluding hydrogens is 342 g/mol. The van der Waals surface area contributed by atoms with Gasteiger partial charge in [0.25, 0.3) is 5.91 Å². The van der Waals surface area contributed by atoms with Crippen LogP contribution in [0.2, 0.25) is 5.02 Å². The SMILES string of the molecule is CCCNC(=O)c1nn(-c2ccc(Cl)cc2)c(C)c1Br. The van der Waals surface area contributed by atoms with Crippen LogP contribution in [0.1, 0.15) is 29.5 Å². The van der Waals surface area contributed by atoms with Gasteiger partial charge in [-0.2, -0.15) is 5.10 Å². The molecule has 0 saturated heterocycles. The first kappa shape index (κ1) is 15.1. The maximum Gasteiger partial charge on any atom is 0.272 e. The number of amides is 1. The van der Waals surface area contributed by atoms with Crippen molar-refractivity contribution < 1.29 is 4.79 Å². The van der Waals surface area contributed by atoms with Crippen LogP contribution >= 0.6 is 27.5 Å². The van der Waals surface area contributed by atoms with Gasteiger partial charge in [-0.05, 0) is 53.5 Å². The number of aromatic nitrogens is 2. The van der Waals surface area contributed by atoms with Crippen molar-refractivity contribution in [2.45, 2.75) is 20.3 Å². The molecule has 0 radical (unpaired) electrons. The van der Waals surface area contributed by atoms with Crippen LogP contribution in [0.3, 0.4) is 0 Å². The third kappa shape index (κ3) is 3.04. The number of benzene rings is 1. The minimum Gasteiger partial charge on any atom is -0.351 e. The number of nitrogens with one attached hydrogen (secondary N) is 1. The maximum absolute atomic E-state index is 12.0. The first-order valence-corrected chi connectivity index (χ1v) is 7.51. The van der Waals surface area contributed by atoms with Gasteiger partial charge >= 0.3 is 0 Å². The molecule has 1 N–H and O–H groups in total. The van der Waals surface area contributed by atoms with E-state index in [-0.39, 0.29) is 5.91 Å². The molecule has 0 fully saturated rings. The Balaban J connectivity index is 2.37. The molecule has 1 aromatic heterocycles. The molecule has 0 spiro atoms. The van der Waals surface area contributed by atoms with Crippen LogP contribution in [0, 0.1) is 6.92 Å². The van der Waals surface area contributed by atoms with Gasteiger partial charge in [0, 0.05) is 11.6 Å². The van der Waals surface area contributed by atoms with Gasteiger partial charge < -0.3 is 5.32 Å². The van der Waals surface area contributed by atoms with Gasteiger partial charge in [0.2, 0.25) is 0 Å². The molecule has 0 saturated carbocycles. The molecule has 0 aliphatic rings. The number of carbonyl (C=O) groups is 1. The molecule has 2 rings (SSSR count). The molecule has 1 heterocycles. The first-order chi connectivity index (χ1) is 9.54. The molecule has 4 nitrogen and oxygen atoms in total. The normalized spacial score (nSPS) is 10.6. The number of nitrogens with zero attached hydrogens (tertiary/aromatic N) is 2. The summed E-state index contributed by atoms with van der Waals surface area (Å²) >= 11 is 9.32. The van der Waals surface area contributed by atoms with E-state index in [1.165, 1.54) is 0 Å². The van der Waals surface area contributed by atoms with E-state index in [4.69, 9.17) is 11.6 Å². The highest BCUT2D eigenvalue weighted by molar-refractivity contribution is 9.10. The summed E-state index contributed by atoms with van der Waals surface area (Å²) in [6.45, 7) is 4.55. The summed E-state index contributed by atoms with van der Waals surface area (Å²) in [5, 5.41) is 7.87. The molecule has 0 aliphatic heterocycles. The minimum absolute atomic E-state index is 0.172. The van der Waals surface area contributed by atoms with E-state index < -0.39 is 0 Å². The van der Waals surface area contributed by atoms with Crippen LogP contribution in [0.25, 0.3) is 5.69 Å². The topological polar surface area (TPSA) is 46.9 Å². The minimum atomic E-state index is -0.172. The van der Waals surface area contributed by atoms with Gasteiger partial charge in [-0.15, -0.1) is 0 Å². The van der Waals surface area contributed by atoms with Crippen LogP contribution < -0.4 is 5.32 Å². The van der Waals surface area contributed by atoms with Gasteiger partial charge in [-0.25, -0.2) is 4.68 Å². The quantitative estimate of drug-likeness (QED) is 0.907. The molecular formula is C14H15BrClN3O. The van der Waals surface area contributed by atoms with Crippen LogP contribution in [0.15, 0.2) is 28.7 Å². The first-order valence-electron chi connectivity index (χ1n) is 6.33. The van der Waals surface area contributed by atoms with Gasteiger partial charge in [0.05, 0.1) is 15.9 Å². The summed E-state index contributed by atoms with van der Waals surface area (Å²) in [4.78, 5) is 12.0. The van der Waals surface area contributed by atoms with E-state index in [1.54, 1.807) is 16.8 Å². The zero-order valence-electron chi connectivity index (χ0n) is 11.3. The predicted octanol–water partition coefficient (Wildman–Crippen LogP) is 3.74. The fraction of sp³-hybridized carbons (Fsp3) is 0.286. The predicted molar refractivity (Wildman–Crippen MR) is 83.6 cm³/mol. The van der Waals surface area contributed by atoms with Crippen molar-refractivity contribution in [3.8, 4) is 5.69 Å². The lowest BCUT2D eigenvalue weighted by Gasteiger charge is -2.03. The summed E-state index contributed by atoms with van der Waals surface area (Å²) in [6.07, 6.45) is 0.889. The van der Waals surface area contributed by atoms with Crippen molar-refractivity contribution in [3.05, 3.63) is 45.1 Å². The molecule has 0 aliphatic carbocycles. The molecule has 20 heavy (non-hydrogen) atoms. The number of hydrogen-bond acceptors (Lipinski definition) is 2. The lowest BCUT2D eigenvalue weighted by atomic mass is 10.3. The van der Waals surface area contributed by atoms with Crippen molar-refractivity contribution in [3.63, 3.8) is 0 Å². The van der Waals surface area contributed by atoms with E-state index in [0.717, 1.165) is 17.8 Å². The second kappa shape index (κ2) is 6.41. The van der Waals surface area contributed by atoms with Crippen LogP contribution in [0.5, 0.6) is 0 Å². The van der Waals surface area contributed by atoms with Crippen LogP contribution in [-0.4, -0.2) is 22.2 Å². The zero-order chi connectivity index (χ0) is 14.7. The summed E-state index contributed by atoms with van der Waals surface area (Å²) in [7, 11) is 0. The van der Waals surface area contributed by atoms with Crippen LogP contribution in [0.4, 0.5) is 0 Å². The molecule has 0 atom stereocenters. The second-order valence-electron chi connectivity index (χ2n) is 4.39. The highest BCUT2D eigenvalue weighted by atomic mass is 79.9. The van der Waals surface area contributed by atoms with Crippen molar-refractivity contribution in [2.75, 3.05) is 6.54 Å². The van der Waals surface area contributed by atoms with Crippen molar-refractivity contribution >= 4 is 33.4 Å². The van der Waals surface area contributed by atoms with E-state index >= 15 is 0 Å². The van der Waals surface area contributed by atoms with E-state index in [9.17, 15) is 4.79 Å². The number of carbonyl (C=O) groups excluding carboxylic acids is 1. The van der Waals surface area contributed by atoms with Gasteiger partial charge in [-0.1, -0.05) is 18.5 Å². The lowest BCUT2D eigenvalue weighted by molar-refractivity contribution is 0.0947. The lowest BCUT2D eigenvalue weighted by Crippen LogP contribution is -2.24. The molecule has 1 amide bonds. The second-order valence-corrected chi connectivity index (χ2v) is 5.62. The Bertz CT molecular complexity index is 622. The monoisotopic (exact) mass is 355 g/mol. The number of rotatable bonds is 4. The highest BCUT2D eigenvalue weighted by Crippen LogP contribution is 2.24. The molecule has 106 valence electrons. The Morgan fingerprint density at radius 1 is 1.40 bits per heavy atom. The molecule has 2 aromatic rings. The summed E-state index contributed by atoms with van der Waals surface area (Å²) in [5.74, 6) is -0.172. The van der Waals surface area contributed by atoms with Gasteiger partial charge in [-0.3, -0.25) is 4.79 Å². The van der Waals surface area contributed by atoms with Crippen LogP contribution in [-0.2, 0) is 0 Å². The van der Waals surface area contributed by atoms with Gasteiger partial charge in [0.1, 0.15) is 0 Å². The van der Waals surface area contributed by atoms with Gasteiger partial charge in [0.15, 0.2) is 5.69 Å². The molecule has 0 bridgehead atoms. The van der Waals surface area contributed by atoms with Crippen molar-refractivity contribution in [2.24, 2.45) is 0 Å². The third-order valence-electron chi connectivity index (χ3n) is 2.87. The molecule has 0 unspecified atom stereocenters. The largest absolute Gasteiger partial charge is 0.351 e. The number of hydrogen-bond donors (Lipinski definition) is 1. The zero-order valence-corrected chi connectivity index (χ0v) is 13.6. The standard InChI is InChI=1S/C14H15BrClN3O/c1-3-8-17-14(20)13-12(15)9(2)19(18-13)11-6-4-10(16)5-7-11/h4-7H,3,8H2,1-2H3,(H,17,20). The average molecular weight is 357 g/mol. The Hall–Kier alpha value is -1.33. The van der Waals surface area contributed by atoms with Crippen molar-refractivity contribution in [1.29, 1.82) is 0 Å². The van der Waals surface area contributed by atoms with E-state index in [0.29, 0.717) is 21.7 Å². The Morgan fingerprint density at radius 2 is 2.05 bits per heavy atom. The fourth-order valence-corrected chi connectivity index (χ4v) is 2.34. The fourth-order valence-electron chi connectivity index (χ4n) is 1.78. The Morgan fingerprint density at radius 3 is 2.65 bits per heavy atom. The molecule has 6 heteroatoms. The highest BCUT2D eigenvalue weighted by Gasteiger charge is 2.19. The Kier molecular flexibility index (Phi) is 4.83. The van der Waals surface area contributed by atoms with E-state index in [1.807, 2.05) is 26.0 Å². The summed E-state index contributed by atoms with van der Waals surface area (Å²) in [6, 6.07) is 7.32. The summed E-state index contributed by atoms with van der Waals surface area (Å²) in [5.41, 5.74) is 2.13. The Labute approximate surface area is 131 Å². The van der Waals surface area contributed by atoms with E-state index in [2.05, 4.69) is 26.3 Å². The number of halogens is 2. The summed E-state index contributed by atoms with van der Waals surface area (Å²) < 4.78 is 2.43. The average Bonchev–Trinajstić information content (AvgIpc) is 2.74.